The molecule has 0 saturated heterocycles. The molecule has 0 aliphatic carbocycles. The van der Waals surface area contributed by atoms with Gasteiger partial charge in [-0.15, -0.1) is 0 Å². The molecule has 0 unspecified atom stereocenters. The van der Waals surface area contributed by atoms with Crippen LogP contribution in [0.15, 0.2) is 56.0 Å². The van der Waals surface area contributed by atoms with Gasteiger partial charge in [-0.3, -0.25) is 0 Å². The molecule has 0 bridgehead atoms. The summed E-state index contributed by atoms with van der Waals surface area (Å²) in [5.41, 5.74) is 2.40. The van der Waals surface area contributed by atoms with Gasteiger partial charge in [0.05, 0.1) is 0 Å². The summed E-state index contributed by atoms with van der Waals surface area (Å²) in [4.78, 5) is 5.03. The molecule has 0 atom stereocenters. The number of aliphatic hydroxyl groups is 2. The normalized spacial score (nSPS) is 12.9. The second-order valence-electron chi connectivity index (χ2n) is 4.64. The lowest BCUT2D eigenvalue weighted by Crippen LogP contribution is -2.01. The van der Waals surface area contributed by atoms with Crippen molar-refractivity contribution in [2.24, 2.45) is 0 Å². The molecular formula is C16H16O2S2. The van der Waals surface area contributed by atoms with Crippen LogP contribution in [0.5, 0.6) is 0 Å². The first kappa shape index (κ1) is 14.0. The first-order valence-electron chi connectivity index (χ1n) is 6.64. The molecule has 0 fully saturated rings. The van der Waals surface area contributed by atoms with E-state index in [-0.39, 0.29) is 13.2 Å². The highest BCUT2D eigenvalue weighted by molar-refractivity contribution is 8.05. The molecule has 104 valence electrons. The topological polar surface area (TPSA) is 40.5 Å². The highest BCUT2D eigenvalue weighted by Gasteiger charge is 2.21. The zero-order chi connectivity index (χ0) is 13.9. The molecule has 2 nitrogen and oxygen atoms in total. The largest absolute Gasteiger partial charge is 0.396 e. The average Bonchev–Trinajstić information content (AvgIpc) is 2.47. The average molecular weight is 304 g/mol. The minimum absolute atomic E-state index is 0.173. The van der Waals surface area contributed by atoms with Crippen molar-refractivity contribution in [3.05, 3.63) is 47.5 Å². The van der Waals surface area contributed by atoms with E-state index in [0.29, 0.717) is 12.8 Å². The molecule has 20 heavy (non-hydrogen) atoms. The highest BCUT2D eigenvalue weighted by Crippen LogP contribution is 2.50. The maximum Gasteiger partial charge on any atom is 0.0471 e. The Morgan fingerprint density at radius 2 is 1.20 bits per heavy atom. The summed E-state index contributed by atoms with van der Waals surface area (Å²) in [6.45, 7) is 0.347. The van der Waals surface area contributed by atoms with Crippen molar-refractivity contribution in [3.63, 3.8) is 0 Å². The number of fused-ring (bicyclic) bond motifs is 2. The van der Waals surface area contributed by atoms with E-state index in [4.69, 9.17) is 0 Å². The summed E-state index contributed by atoms with van der Waals surface area (Å²) < 4.78 is 0. The number of hydrogen-bond acceptors (Lipinski definition) is 4. The van der Waals surface area contributed by atoms with Crippen LogP contribution in [0.1, 0.15) is 11.1 Å². The molecule has 0 amide bonds. The van der Waals surface area contributed by atoms with Gasteiger partial charge in [-0.25, -0.2) is 0 Å². The fourth-order valence-corrected chi connectivity index (χ4v) is 4.99. The first-order chi connectivity index (χ1) is 9.83. The Balaban J connectivity index is 2.03. The summed E-state index contributed by atoms with van der Waals surface area (Å²) >= 11 is 3.55. The fraction of sp³-hybridized carbons (Fsp3) is 0.250. The Morgan fingerprint density at radius 3 is 1.65 bits per heavy atom. The van der Waals surface area contributed by atoms with Gasteiger partial charge >= 0.3 is 0 Å². The molecule has 0 saturated carbocycles. The van der Waals surface area contributed by atoms with Crippen LogP contribution in [0.2, 0.25) is 0 Å². The van der Waals surface area contributed by atoms with Crippen LogP contribution in [0.3, 0.4) is 0 Å². The smallest absolute Gasteiger partial charge is 0.0471 e. The van der Waals surface area contributed by atoms with E-state index in [1.807, 2.05) is 0 Å². The minimum atomic E-state index is 0.173. The van der Waals surface area contributed by atoms with E-state index in [1.54, 1.807) is 23.5 Å². The van der Waals surface area contributed by atoms with E-state index in [9.17, 15) is 10.2 Å². The number of aliphatic hydroxyl groups excluding tert-OH is 2. The number of benzene rings is 2. The molecule has 0 spiro atoms. The van der Waals surface area contributed by atoms with Gasteiger partial charge < -0.3 is 10.2 Å². The Morgan fingerprint density at radius 1 is 0.700 bits per heavy atom. The van der Waals surface area contributed by atoms with Crippen molar-refractivity contribution in [1.82, 2.24) is 0 Å². The van der Waals surface area contributed by atoms with Gasteiger partial charge in [-0.05, 0) is 36.1 Å². The zero-order valence-electron chi connectivity index (χ0n) is 11.0. The third-order valence-electron chi connectivity index (χ3n) is 3.31. The van der Waals surface area contributed by atoms with E-state index < -0.39 is 0 Å². The van der Waals surface area contributed by atoms with Gasteiger partial charge in [0, 0.05) is 32.8 Å². The maximum absolute atomic E-state index is 9.21. The monoisotopic (exact) mass is 304 g/mol. The van der Waals surface area contributed by atoms with Crippen LogP contribution in [0.4, 0.5) is 0 Å². The summed E-state index contributed by atoms with van der Waals surface area (Å²) in [6, 6.07) is 12.6. The van der Waals surface area contributed by atoms with Crippen molar-refractivity contribution in [1.29, 1.82) is 0 Å². The van der Waals surface area contributed by atoms with Gasteiger partial charge in [-0.1, -0.05) is 47.8 Å². The highest BCUT2D eigenvalue weighted by atomic mass is 32.2. The third kappa shape index (κ3) is 2.61. The van der Waals surface area contributed by atoms with Crippen molar-refractivity contribution in [3.8, 4) is 0 Å². The minimum Gasteiger partial charge on any atom is -0.396 e. The van der Waals surface area contributed by atoms with Crippen LogP contribution >= 0.6 is 23.5 Å². The molecular weight excluding hydrogens is 288 g/mol. The molecule has 1 heterocycles. The lowest BCUT2D eigenvalue weighted by atomic mass is 10.1. The molecule has 1 aliphatic heterocycles. The standard InChI is InChI=1S/C16H16O2S2/c17-9-7-11-3-1-5-13-15(11)20-16-12(8-10-18)4-2-6-14(16)19-13/h1-6,17-18H,7-10H2. The quantitative estimate of drug-likeness (QED) is 0.775. The molecule has 3 rings (SSSR count). The second kappa shape index (κ2) is 6.22. The predicted octanol–water partition coefficient (Wildman–Crippen LogP) is 3.37. The van der Waals surface area contributed by atoms with Gasteiger partial charge in [-0.2, -0.15) is 0 Å². The Kier molecular flexibility index (Phi) is 4.36. The molecule has 2 aromatic rings. The van der Waals surface area contributed by atoms with Gasteiger partial charge in [0.25, 0.3) is 0 Å². The Hall–Kier alpha value is -0.940. The Bertz CT molecular complexity index is 572. The molecule has 0 radical (unpaired) electrons. The molecule has 2 aromatic carbocycles. The van der Waals surface area contributed by atoms with Crippen LogP contribution in [-0.2, 0) is 12.8 Å². The Labute approximate surface area is 127 Å². The van der Waals surface area contributed by atoms with E-state index in [0.717, 1.165) is 0 Å². The van der Waals surface area contributed by atoms with Crippen LogP contribution in [0, 0.1) is 0 Å². The van der Waals surface area contributed by atoms with Crippen molar-refractivity contribution in [2.45, 2.75) is 32.4 Å². The summed E-state index contributed by atoms with van der Waals surface area (Å²) in [5.74, 6) is 0. The molecule has 4 heteroatoms. The lowest BCUT2D eigenvalue weighted by Gasteiger charge is -2.22. The molecule has 2 N–H and O–H groups in total. The summed E-state index contributed by atoms with van der Waals surface area (Å²) in [6.07, 6.45) is 1.38. The van der Waals surface area contributed by atoms with E-state index in [2.05, 4.69) is 36.4 Å². The van der Waals surface area contributed by atoms with Crippen LogP contribution in [-0.4, -0.2) is 23.4 Å². The lowest BCUT2D eigenvalue weighted by molar-refractivity contribution is 0.298. The van der Waals surface area contributed by atoms with Gasteiger partial charge in [0.15, 0.2) is 0 Å². The van der Waals surface area contributed by atoms with E-state index >= 15 is 0 Å². The number of rotatable bonds is 4. The zero-order valence-corrected chi connectivity index (χ0v) is 12.6. The van der Waals surface area contributed by atoms with Crippen molar-refractivity contribution < 1.29 is 10.2 Å². The molecule has 0 aromatic heterocycles. The number of hydrogen-bond donors (Lipinski definition) is 2. The fourth-order valence-electron chi connectivity index (χ4n) is 2.37. The van der Waals surface area contributed by atoms with Gasteiger partial charge in [0.1, 0.15) is 0 Å². The predicted molar refractivity (Wildman–Crippen MR) is 82.7 cm³/mol. The molecule has 1 aliphatic rings. The SMILES string of the molecule is OCCc1cccc2c1Sc1c(CCO)cccc1S2. The van der Waals surface area contributed by atoms with Gasteiger partial charge in [0.2, 0.25) is 0 Å². The first-order valence-corrected chi connectivity index (χ1v) is 8.28. The maximum atomic E-state index is 9.21. The van der Waals surface area contributed by atoms with Crippen molar-refractivity contribution >= 4 is 23.5 Å². The summed E-state index contributed by atoms with van der Waals surface area (Å²) in [5, 5.41) is 18.4. The third-order valence-corrected chi connectivity index (χ3v) is 6.06. The van der Waals surface area contributed by atoms with Crippen LogP contribution < -0.4 is 0 Å². The van der Waals surface area contributed by atoms with E-state index in [1.165, 1.54) is 30.7 Å². The second-order valence-corrected chi connectivity index (χ2v) is 6.74. The van der Waals surface area contributed by atoms with Crippen molar-refractivity contribution in [2.75, 3.05) is 13.2 Å². The van der Waals surface area contributed by atoms with Crippen LogP contribution in [0.25, 0.3) is 0 Å². The summed E-state index contributed by atoms with van der Waals surface area (Å²) in [7, 11) is 0.